The van der Waals surface area contributed by atoms with Gasteiger partial charge >= 0.3 is 0 Å². The zero-order chi connectivity index (χ0) is 61.5. The highest BCUT2D eigenvalue weighted by molar-refractivity contribution is 5.98. The predicted molar refractivity (Wildman–Crippen MR) is 376 cm³/mol. The number of hydrogen-bond donors (Lipinski definition) is 0. The molecule has 1 aliphatic rings. The van der Waals surface area contributed by atoms with E-state index in [0.29, 0.717) is 0 Å². The number of benzene rings is 11. The lowest BCUT2D eigenvalue weighted by molar-refractivity contribution is 0.590. The monoisotopic (exact) mass is 1130 g/mol. The van der Waals surface area contributed by atoms with Crippen molar-refractivity contribution in [2.45, 2.75) is 138 Å². The number of aryl methyl sites for hydroxylation is 4. The van der Waals surface area contributed by atoms with Crippen molar-refractivity contribution in [1.29, 1.82) is 0 Å². The lowest BCUT2D eigenvalue weighted by atomic mass is 9.66. The van der Waals surface area contributed by atoms with Crippen LogP contribution in [0.5, 0.6) is 0 Å². The molecule has 0 unspecified atom stereocenters. The summed E-state index contributed by atoms with van der Waals surface area (Å²) in [7, 11) is 0. The summed E-state index contributed by atoms with van der Waals surface area (Å²) >= 11 is 0. The summed E-state index contributed by atoms with van der Waals surface area (Å²) in [5.41, 5.74) is 34.7. The quantitative estimate of drug-likeness (QED) is 0.135. The average molecular weight is 1130 g/mol. The Kier molecular flexibility index (Phi) is 14.9. The maximum Gasteiger partial charge on any atom is 0.0714 e. The van der Waals surface area contributed by atoms with Crippen molar-refractivity contribution in [3.63, 3.8) is 0 Å². The molecule has 0 fully saturated rings. The summed E-state index contributed by atoms with van der Waals surface area (Å²) in [6, 6.07) is 89.6. The van der Waals surface area contributed by atoms with Crippen molar-refractivity contribution in [1.82, 2.24) is 0 Å². The first-order valence-corrected chi connectivity index (χ1v) is 31.5. The Bertz CT molecular complexity index is 4010. The van der Waals surface area contributed by atoms with Crippen LogP contribution in [-0.4, -0.2) is 0 Å². The van der Waals surface area contributed by atoms with Gasteiger partial charge < -0.3 is 0 Å². The van der Waals surface area contributed by atoms with E-state index >= 15 is 0 Å². The fourth-order valence-corrected chi connectivity index (χ4v) is 14.0. The van der Waals surface area contributed by atoms with Crippen molar-refractivity contribution < 1.29 is 0 Å². The van der Waals surface area contributed by atoms with Gasteiger partial charge in [-0.3, -0.25) is 0 Å². The van der Waals surface area contributed by atoms with Gasteiger partial charge in [-0.2, -0.15) is 0 Å². The van der Waals surface area contributed by atoms with E-state index in [-0.39, 0.29) is 21.7 Å². The Morgan fingerprint density at radius 3 is 0.862 bits per heavy atom. The highest BCUT2D eigenvalue weighted by Gasteiger charge is 2.48. The number of hydrogen-bond acceptors (Lipinski definition) is 0. The molecule has 0 heterocycles. The van der Waals surface area contributed by atoms with Crippen molar-refractivity contribution in [2.24, 2.45) is 0 Å². The van der Waals surface area contributed by atoms with E-state index in [0.717, 1.165) is 0 Å². The molecule has 11 aromatic carbocycles. The topological polar surface area (TPSA) is 0 Å². The Morgan fingerprint density at radius 1 is 0.230 bits per heavy atom. The second-order valence-corrected chi connectivity index (χ2v) is 29.3. The largest absolute Gasteiger partial charge is 0.0714 e. The van der Waals surface area contributed by atoms with Crippen LogP contribution in [0.1, 0.15) is 150 Å². The van der Waals surface area contributed by atoms with E-state index in [2.05, 4.69) is 341 Å². The Labute approximate surface area is 521 Å². The molecular weight excluding hydrogens is 1040 g/mol. The molecule has 12 rings (SSSR count). The zero-order valence-corrected chi connectivity index (χ0v) is 54.4. The van der Waals surface area contributed by atoms with Gasteiger partial charge in [-0.15, -0.1) is 0 Å². The van der Waals surface area contributed by atoms with E-state index in [9.17, 15) is 0 Å². The standard InChI is InChI=1S/C87H86/c1-55-45-57(3)80(58(4)46-55)77-26-20-28-79-82(77)81-56(2)21-17-27-78(81)87(79,75-24-18-22-63(53-75)69-49-65(59-29-37-71(38-30-59)83(5,6)7)47-66(50-69)60-31-39-72(40-32-60)84(8,9)10)76-25-19-23-64(54-76)70-51-67(61-33-41-73(42-34-61)85(11,12)13)48-68(52-70)62-35-43-74(44-36-62)86(14,15)16/h17-54H,1-16H3. The Hall–Kier alpha value is -8.58. The maximum atomic E-state index is 2.53. The third kappa shape index (κ3) is 11.1. The summed E-state index contributed by atoms with van der Waals surface area (Å²) in [4.78, 5) is 0. The second-order valence-electron chi connectivity index (χ2n) is 29.3. The molecule has 0 bridgehead atoms. The van der Waals surface area contributed by atoms with Gasteiger partial charge in [-0.25, -0.2) is 0 Å². The van der Waals surface area contributed by atoms with E-state index in [1.807, 2.05) is 0 Å². The van der Waals surface area contributed by atoms with Crippen LogP contribution in [0.15, 0.2) is 231 Å². The summed E-state index contributed by atoms with van der Waals surface area (Å²) < 4.78 is 0. The lowest BCUT2D eigenvalue weighted by Gasteiger charge is -2.35. The molecule has 0 amide bonds. The minimum Gasteiger partial charge on any atom is -0.0616 e. The molecule has 11 aromatic rings. The molecule has 0 saturated carbocycles. The van der Waals surface area contributed by atoms with Crippen LogP contribution >= 0.6 is 0 Å². The third-order valence-corrected chi connectivity index (χ3v) is 18.8. The molecule has 0 nitrogen and oxygen atoms in total. The maximum absolute atomic E-state index is 2.53. The predicted octanol–water partition coefficient (Wildman–Crippen LogP) is 24.1. The molecule has 0 saturated heterocycles. The van der Waals surface area contributed by atoms with Gasteiger partial charge in [0.2, 0.25) is 0 Å². The van der Waals surface area contributed by atoms with E-state index in [4.69, 9.17) is 0 Å². The van der Waals surface area contributed by atoms with Crippen LogP contribution in [0.2, 0.25) is 0 Å². The Balaban J connectivity index is 1.11. The molecule has 0 N–H and O–H groups in total. The van der Waals surface area contributed by atoms with Gasteiger partial charge in [0.15, 0.2) is 0 Å². The molecule has 0 aromatic heterocycles. The summed E-state index contributed by atoms with van der Waals surface area (Å²) in [5, 5.41) is 0. The minimum atomic E-state index is -0.719. The highest BCUT2D eigenvalue weighted by Crippen LogP contribution is 2.60. The van der Waals surface area contributed by atoms with Crippen molar-refractivity contribution in [3.05, 3.63) is 297 Å². The Morgan fingerprint density at radius 2 is 0.529 bits per heavy atom. The van der Waals surface area contributed by atoms with Crippen LogP contribution in [-0.2, 0) is 27.1 Å². The SMILES string of the molecule is Cc1cc(C)c(-c2cccc3c2-c2c(C)cccc2C3(c2cccc(-c3cc(-c4ccc(C(C)(C)C)cc4)cc(-c4ccc(C(C)(C)C)cc4)c3)c2)c2cccc(-c3cc(-c4ccc(C(C)(C)C)cc4)cc(-c4ccc(C(C)(C)C)cc4)c3)c2)c(C)c1. The third-order valence-electron chi connectivity index (χ3n) is 18.8. The van der Waals surface area contributed by atoms with Crippen LogP contribution < -0.4 is 0 Å². The zero-order valence-electron chi connectivity index (χ0n) is 54.4. The van der Waals surface area contributed by atoms with Gasteiger partial charge in [0.25, 0.3) is 0 Å². The molecular formula is C87H86. The van der Waals surface area contributed by atoms with Gasteiger partial charge in [0.05, 0.1) is 5.41 Å². The molecule has 0 spiro atoms. The van der Waals surface area contributed by atoms with Crippen molar-refractivity contribution in [3.8, 4) is 89.0 Å². The first-order chi connectivity index (χ1) is 41.2. The van der Waals surface area contributed by atoms with E-state index in [1.165, 1.54) is 156 Å². The molecule has 434 valence electrons. The normalized spacial score (nSPS) is 13.1. The highest BCUT2D eigenvalue weighted by atomic mass is 14.5. The van der Waals surface area contributed by atoms with Gasteiger partial charge in [0.1, 0.15) is 0 Å². The number of rotatable bonds is 9. The van der Waals surface area contributed by atoms with Crippen LogP contribution in [0.3, 0.4) is 0 Å². The summed E-state index contributed by atoms with van der Waals surface area (Å²) in [6.07, 6.45) is 0. The fourth-order valence-electron chi connectivity index (χ4n) is 14.0. The molecule has 0 atom stereocenters. The van der Waals surface area contributed by atoms with Gasteiger partial charge in [0, 0.05) is 0 Å². The first-order valence-electron chi connectivity index (χ1n) is 31.5. The number of fused-ring (bicyclic) bond motifs is 3. The first kappa shape index (κ1) is 58.8. The molecule has 0 radical (unpaired) electrons. The molecule has 87 heavy (non-hydrogen) atoms. The van der Waals surface area contributed by atoms with Crippen molar-refractivity contribution >= 4 is 0 Å². The van der Waals surface area contributed by atoms with Crippen LogP contribution in [0, 0.1) is 27.7 Å². The van der Waals surface area contributed by atoms with E-state index < -0.39 is 5.41 Å². The molecule has 0 aliphatic heterocycles. The van der Waals surface area contributed by atoms with E-state index in [1.54, 1.807) is 0 Å². The molecule has 0 heteroatoms. The van der Waals surface area contributed by atoms with Gasteiger partial charge in [-0.05, 0) is 248 Å². The average Bonchev–Trinajstić information content (AvgIpc) is 1.56. The second kappa shape index (κ2) is 22.0. The van der Waals surface area contributed by atoms with Crippen LogP contribution in [0.4, 0.5) is 0 Å². The lowest BCUT2D eigenvalue weighted by Crippen LogP contribution is -2.28. The molecule has 1 aliphatic carbocycles. The smallest absolute Gasteiger partial charge is 0.0616 e. The van der Waals surface area contributed by atoms with Crippen LogP contribution in [0.25, 0.3) is 89.0 Å². The summed E-state index contributed by atoms with van der Waals surface area (Å²) in [5.74, 6) is 0. The summed E-state index contributed by atoms with van der Waals surface area (Å²) in [6.45, 7) is 36.6. The minimum absolute atomic E-state index is 0.0512. The van der Waals surface area contributed by atoms with Gasteiger partial charge in [-0.1, -0.05) is 271 Å². The fraction of sp³-hybridized carbons (Fsp3) is 0.241. The van der Waals surface area contributed by atoms with Crippen molar-refractivity contribution in [2.75, 3.05) is 0 Å².